The van der Waals surface area contributed by atoms with Crippen LogP contribution in [0.25, 0.3) is 0 Å². The van der Waals surface area contributed by atoms with Crippen LogP contribution in [0.5, 0.6) is 0 Å². The summed E-state index contributed by atoms with van der Waals surface area (Å²) in [6.45, 7) is 1.44. The van der Waals surface area contributed by atoms with E-state index in [-0.39, 0.29) is 6.61 Å². The molecule has 0 amide bonds. The summed E-state index contributed by atoms with van der Waals surface area (Å²) in [5.74, 6) is -4.29. The highest BCUT2D eigenvalue weighted by atomic mass is 19.4. The molecule has 6 N–H and O–H groups in total. The third-order valence-corrected chi connectivity index (χ3v) is 2.82. The molecule has 3 atom stereocenters. The Morgan fingerprint density at radius 1 is 1.15 bits per heavy atom. The second-order valence-corrected chi connectivity index (χ2v) is 5.06. The van der Waals surface area contributed by atoms with E-state index in [0.717, 1.165) is 5.56 Å². The number of ketones is 1. The molecule has 0 radical (unpaired) electrons. The summed E-state index contributed by atoms with van der Waals surface area (Å²) in [6.07, 6.45) is -6.73. The van der Waals surface area contributed by atoms with Crippen LogP contribution in [0.15, 0.2) is 30.3 Å². The van der Waals surface area contributed by atoms with Gasteiger partial charge in [0.05, 0.1) is 6.04 Å². The van der Waals surface area contributed by atoms with Crippen molar-refractivity contribution >= 4 is 17.7 Å². The topological polar surface area (TPSA) is 153 Å². The van der Waals surface area contributed by atoms with Crippen molar-refractivity contribution in [3.8, 4) is 0 Å². The van der Waals surface area contributed by atoms with Gasteiger partial charge in [0.25, 0.3) is 0 Å². The van der Waals surface area contributed by atoms with Crippen molar-refractivity contribution in [3.05, 3.63) is 35.9 Å². The van der Waals surface area contributed by atoms with Gasteiger partial charge in [0.2, 0.25) is 0 Å². The first-order chi connectivity index (χ1) is 11.9. The molecule has 0 spiro atoms. The van der Waals surface area contributed by atoms with E-state index in [1.807, 2.05) is 6.07 Å². The van der Waals surface area contributed by atoms with Gasteiger partial charge in [-0.1, -0.05) is 30.3 Å². The molecule has 0 aliphatic rings. The number of halogens is 3. The molecule has 1 aromatic carbocycles. The van der Waals surface area contributed by atoms with Gasteiger partial charge in [-0.15, -0.1) is 0 Å². The lowest BCUT2D eigenvalue weighted by Gasteiger charge is -2.18. The maximum atomic E-state index is 11.6. The van der Waals surface area contributed by atoms with Crippen molar-refractivity contribution in [2.24, 2.45) is 11.5 Å². The number of rotatable bonds is 6. The van der Waals surface area contributed by atoms with Crippen LogP contribution in [0.3, 0.4) is 0 Å². The number of carbonyl (C=O) groups excluding carboxylic acids is 2. The molecule has 26 heavy (non-hydrogen) atoms. The van der Waals surface area contributed by atoms with E-state index in [1.54, 1.807) is 24.3 Å². The van der Waals surface area contributed by atoms with Gasteiger partial charge in [-0.25, -0.2) is 4.79 Å². The molecular formula is C15H19F3N2O6. The molecule has 3 unspecified atom stereocenters. The van der Waals surface area contributed by atoms with Gasteiger partial charge in [0.1, 0.15) is 18.8 Å². The summed E-state index contributed by atoms with van der Waals surface area (Å²) in [5.41, 5.74) is 11.6. The zero-order valence-electron chi connectivity index (χ0n) is 13.6. The first kappa shape index (κ1) is 23.5. The molecule has 1 aromatic rings. The van der Waals surface area contributed by atoms with Crippen LogP contribution in [-0.2, 0) is 25.7 Å². The molecular weight excluding hydrogens is 361 g/mol. The summed E-state index contributed by atoms with van der Waals surface area (Å²) >= 11 is 0. The average molecular weight is 380 g/mol. The smallest absolute Gasteiger partial charge is 0.475 e. The second-order valence-electron chi connectivity index (χ2n) is 5.06. The molecule has 0 aromatic heterocycles. The number of hydrogen-bond acceptors (Lipinski definition) is 7. The maximum Gasteiger partial charge on any atom is 0.490 e. The van der Waals surface area contributed by atoms with Crippen LogP contribution >= 0.6 is 0 Å². The number of nitrogens with two attached hydrogens (primary N) is 2. The highest BCUT2D eigenvalue weighted by Gasteiger charge is 2.38. The van der Waals surface area contributed by atoms with Crippen LogP contribution in [-0.4, -0.2) is 52.3 Å². The number of carbonyl (C=O) groups is 3. The van der Waals surface area contributed by atoms with Crippen molar-refractivity contribution < 1.29 is 42.5 Å². The van der Waals surface area contributed by atoms with Crippen LogP contribution in [0.4, 0.5) is 13.2 Å². The summed E-state index contributed by atoms with van der Waals surface area (Å²) in [6, 6.07) is 6.69. The monoisotopic (exact) mass is 380 g/mol. The predicted molar refractivity (Wildman–Crippen MR) is 82.6 cm³/mol. The maximum absolute atomic E-state index is 11.6. The normalized spacial score (nSPS) is 14.3. The molecule has 0 aliphatic carbocycles. The Balaban J connectivity index is 0.000000758. The number of aliphatic hydroxyl groups is 1. The number of ether oxygens (including phenoxy) is 1. The second kappa shape index (κ2) is 10.5. The Morgan fingerprint density at radius 2 is 1.62 bits per heavy atom. The molecule has 0 saturated heterocycles. The largest absolute Gasteiger partial charge is 0.490 e. The number of carboxylic acids is 1. The molecule has 11 heteroatoms. The van der Waals surface area contributed by atoms with Gasteiger partial charge < -0.3 is 26.4 Å². The minimum absolute atomic E-state index is 0.0342. The number of aliphatic hydroxyl groups excluding tert-OH is 1. The van der Waals surface area contributed by atoms with Crippen molar-refractivity contribution in [2.45, 2.75) is 37.9 Å². The zero-order chi connectivity index (χ0) is 20.5. The lowest BCUT2D eigenvalue weighted by molar-refractivity contribution is -0.192. The zero-order valence-corrected chi connectivity index (χ0v) is 13.6. The summed E-state index contributed by atoms with van der Waals surface area (Å²) in [4.78, 5) is 31.9. The SMILES string of the molecule is CC(N)C(=O)C(O)C(N)C(=O)OCc1ccccc1.O=C(O)C(F)(F)F. The lowest BCUT2D eigenvalue weighted by Crippen LogP contribution is -2.51. The van der Waals surface area contributed by atoms with Gasteiger partial charge in [-0.05, 0) is 12.5 Å². The fraction of sp³-hybridized carbons (Fsp3) is 0.400. The number of hydrogen-bond donors (Lipinski definition) is 4. The molecule has 0 saturated carbocycles. The van der Waals surface area contributed by atoms with Crippen LogP contribution in [0.1, 0.15) is 12.5 Å². The summed E-state index contributed by atoms with van der Waals surface area (Å²) < 4.78 is 36.7. The van der Waals surface area contributed by atoms with E-state index in [9.17, 15) is 27.9 Å². The molecule has 0 aliphatic heterocycles. The van der Waals surface area contributed by atoms with Crippen LogP contribution in [0, 0.1) is 0 Å². The van der Waals surface area contributed by atoms with Crippen molar-refractivity contribution in [3.63, 3.8) is 0 Å². The fourth-order valence-corrected chi connectivity index (χ4v) is 1.40. The van der Waals surface area contributed by atoms with Crippen molar-refractivity contribution in [2.75, 3.05) is 0 Å². The lowest BCUT2D eigenvalue weighted by atomic mass is 10.0. The van der Waals surface area contributed by atoms with E-state index in [1.165, 1.54) is 6.92 Å². The molecule has 1 rings (SSSR count). The van der Waals surface area contributed by atoms with E-state index >= 15 is 0 Å². The highest BCUT2D eigenvalue weighted by Crippen LogP contribution is 2.13. The van der Waals surface area contributed by atoms with Crippen LogP contribution < -0.4 is 11.5 Å². The molecule has 0 fully saturated rings. The summed E-state index contributed by atoms with van der Waals surface area (Å²) in [5, 5.41) is 16.7. The predicted octanol–water partition coefficient (Wildman–Crippen LogP) is -0.0324. The molecule has 0 heterocycles. The summed E-state index contributed by atoms with van der Waals surface area (Å²) in [7, 11) is 0. The van der Waals surface area contributed by atoms with Gasteiger partial charge in [-0.3, -0.25) is 9.59 Å². The van der Waals surface area contributed by atoms with E-state index in [4.69, 9.17) is 26.1 Å². The number of alkyl halides is 3. The quantitative estimate of drug-likeness (QED) is 0.502. The number of carboxylic acid groups (broad SMARTS) is 1. The third kappa shape index (κ3) is 8.55. The van der Waals surface area contributed by atoms with Crippen molar-refractivity contribution in [1.82, 2.24) is 0 Å². The number of aliphatic carboxylic acids is 1. The molecule has 0 bridgehead atoms. The Bertz CT molecular complexity index is 607. The Kier molecular flexibility index (Phi) is 9.47. The van der Waals surface area contributed by atoms with Gasteiger partial charge >= 0.3 is 18.1 Å². The Hall–Kier alpha value is -2.50. The van der Waals surface area contributed by atoms with E-state index in [0.29, 0.717) is 0 Å². The minimum atomic E-state index is -5.08. The van der Waals surface area contributed by atoms with Gasteiger partial charge in [0, 0.05) is 0 Å². The first-order valence-electron chi connectivity index (χ1n) is 7.11. The number of Topliss-reactive ketones (excluding diaryl/α,β-unsaturated/α-hetero) is 1. The average Bonchev–Trinajstić information content (AvgIpc) is 2.58. The third-order valence-electron chi connectivity index (χ3n) is 2.82. The molecule has 146 valence electrons. The van der Waals surface area contributed by atoms with E-state index < -0.39 is 42.1 Å². The minimum Gasteiger partial charge on any atom is -0.475 e. The fourth-order valence-electron chi connectivity index (χ4n) is 1.40. The van der Waals surface area contributed by atoms with Crippen molar-refractivity contribution in [1.29, 1.82) is 0 Å². The first-order valence-corrected chi connectivity index (χ1v) is 7.11. The number of esters is 1. The van der Waals surface area contributed by atoms with E-state index in [2.05, 4.69) is 0 Å². The van der Waals surface area contributed by atoms with Gasteiger partial charge in [0.15, 0.2) is 5.78 Å². The highest BCUT2D eigenvalue weighted by molar-refractivity contribution is 5.93. The standard InChI is InChI=1S/C13H18N2O4.C2HF3O2/c1-8(14)11(16)12(17)10(15)13(18)19-7-9-5-3-2-4-6-9;3-2(4,5)1(6)7/h2-6,8,10,12,17H,7,14-15H2,1H3;(H,6,7). The molecule has 8 nitrogen and oxygen atoms in total. The Labute approximate surface area is 146 Å². The number of benzene rings is 1. The Morgan fingerprint density at radius 3 is 2.00 bits per heavy atom. The van der Waals surface area contributed by atoms with Gasteiger partial charge in [-0.2, -0.15) is 13.2 Å². The van der Waals surface area contributed by atoms with Crippen LogP contribution in [0.2, 0.25) is 0 Å².